The molecule has 1 aromatic carbocycles. The zero-order valence-corrected chi connectivity index (χ0v) is 11.6. The van der Waals surface area contributed by atoms with Crippen molar-refractivity contribution in [3.05, 3.63) is 29.8 Å². The largest absolute Gasteiger partial charge is 0.378 e. The second-order valence-corrected chi connectivity index (χ2v) is 3.98. The quantitative estimate of drug-likeness (QED) is 0.903. The van der Waals surface area contributed by atoms with Crippen molar-refractivity contribution in [2.45, 2.75) is 13.0 Å². The zero-order chi connectivity index (χ0) is 10.7. The monoisotopic (exact) mass is 278 g/mol. The van der Waals surface area contributed by atoms with Gasteiger partial charge in [0.2, 0.25) is 0 Å². The number of benzene rings is 1. The molecular formula is C12H20Cl2N2O. The SMILES string of the molecule is C[C@H](N)c1ccc(N2CCOCC2)cc1.Cl.Cl. The maximum Gasteiger partial charge on any atom is 0.0642 e. The summed E-state index contributed by atoms with van der Waals surface area (Å²) in [6.45, 7) is 5.63. The highest BCUT2D eigenvalue weighted by Crippen LogP contribution is 2.18. The van der Waals surface area contributed by atoms with E-state index in [1.54, 1.807) is 0 Å². The number of hydrogen-bond acceptors (Lipinski definition) is 3. The molecule has 5 heteroatoms. The minimum absolute atomic E-state index is 0. The second kappa shape index (κ2) is 7.77. The third kappa shape index (κ3) is 4.36. The lowest BCUT2D eigenvalue weighted by molar-refractivity contribution is 0.122. The number of nitrogens with zero attached hydrogens (tertiary/aromatic N) is 1. The number of hydrogen-bond donors (Lipinski definition) is 1. The summed E-state index contributed by atoms with van der Waals surface area (Å²) >= 11 is 0. The molecule has 0 unspecified atom stereocenters. The van der Waals surface area contributed by atoms with Crippen LogP contribution in [-0.2, 0) is 4.74 Å². The molecule has 17 heavy (non-hydrogen) atoms. The van der Waals surface area contributed by atoms with Gasteiger partial charge < -0.3 is 15.4 Å². The second-order valence-electron chi connectivity index (χ2n) is 3.98. The Morgan fingerprint density at radius 2 is 1.65 bits per heavy atom. The van der Waals surface area contributed by atoms with Crippen molar-refractivity contribution in [3.8, 4) is 0 Å². The summed E-state index contributed by atoms with van der Waals surface area (Å²) in [7, 11) is 0. The predicted octanol–water partition coefficient (Wildman–Crippen LogP) is 2.39. The first-order valence-corrected chi connectivity index (χ1v) is 5.45. The fraction of sp³-hybridized carbons (Fsp3) is 0.500. The average Bonchev–Trinajstić information content (AvgIpc) is 2.30. The van der Waals surface area contributed by atoms with Gasteiger partial charge in [0.05, 0.1) is 13.2 Å². The van der Waals surface area contributed by atoms with E-state index in [1.807, 2.05) is 6.92 Å². The maximum absolute atomic E-state index is 5.81. The summed E-state index contributed by atoms with van der Waals surface area (Å²) in [5.41, 5.74) is 8.26. The Hall–Kier alpha value is -0.480. The first-order chi connectivity index (χ1) is 7.27. The molecule has 98 valence electrons. The fourth-order valence-corrected chi connectivity index (χ4v) is 1.81. The molecule has 0 radical (unpaired) electrons. The van der Waals surface area contributed by atoms with Crippen LogP contribution in [0.5, 0.6) is 0 Å². The first-order valence-electron chi connectivity index (χ1n) is 5.45. The molecule has 0 spiro atoms. The van der Waals surface area contributed by atoms with E-state index in [-0.39, 0.29) is 30.9 Å². The molecule has 1 aliphatic heterocycles. The standard InChI is InChI=1S/C12H18N2O.2ClH/c1-10(13)11-2-4-12(5-3-11)14-6-8-15-9-7-14;;/h2-5,10H,6-9,13H2,1H3;2*1H/t10-;;/m0../s1. The third-order valence-electron chi connectivity index (χ3n) is 2.80. The van der Waals surface area contributed by atoms with Crippen molar-refractivity contribution in [2.75, 3.05) is 31.2 Å². The van der Waals surface area contributed by atoms with Crippen LogP contribution in [-0.4, -0.2) is 26.3 Å². The molecule has 1 fully saturated rings. The van der Waals surface area contributed by atoms with Gasteiger partial charge in [0.25, 0.3) is 0 Å². The van der Waals surface area contributed by atoms with Gasteiger partial charge in [-0.05, 0) is 24.6 Å². The molecule has 1 heterocycles. The smallest absolute Gasteiger partial charge is 0.0642 e. The van der Waals surface area contributed by atoms with E-state index in [9.17, 15) is 0 Å². The number of nitrogens with two attached hydrogens (primary N) is 1. The van der Waals surface area contributed by atoms with Gasteiger partial charge >= 0.3 is 0 Å². The van der Waals surface area contributed by atoms with Crippen LogP contribution in [0.2, 0.25) is 0 Å². The van der Waals surface area contributed by atoms with Crippen molar-refractivity contribution >= 4 is 30.5 Å². The highest BCUT2D eigenvalue weighted by atomic mass is 35.5. The minimum atomic E-state index is 0. The summed E-state index contributed by atoms with van der Waals surface area (Å²) in [5, 5.41) is 0. The Labute approximate surface area is 115 Å². The molecule has 2 rings (SSSR count). The van der Waals surface area contributed by atoms with Crippen LogP contribution in [0.25, 0.3) is 0 Å². The Morgan fingerprint density at radius 3 is 2.12 bits per heavy atom. The molecule has 2 N–H and O–H groups in total. The molecule has 3 nitrogen and oxygen atoms in total. The van der Waals surface area contributed by atoms with E-state index >= 15 is 0 Å². The van der Waals surface area contributed by atoms with Gasteiger partial charge in [-0.1, -0.05) is 12.1 Å². The molecule has 0 bridgehead atoms. The summed E-state index contributed by atoms with van der Waals surface area (Å²) in [6.07, 6.45) is 0. The van der Waals surface area contributed by atoms with Gasteiger partial charge in [0.1, 0.15) is 0 Å². The Bertz CT molecular complexity index is 311. The van der Waals surface area contributed by atoms with Crippen LogP contribution in [0, 0.1) is 0 Å². The highest BCUT2D eigenvalue weighted by molar-refractivity contribution is 5.85. The normalized spacial score (nSPS) is 16.7. The summed E-state index contributed by atoms with van der Waals surface area (Å²) in [4.78, 5) is 2.34. The van der Waals surface area contributed by atoms with Gasteiger partial charge in [-0.15, -0.1) is 24.8 Å². The molecule has 1 saturated heterocycles. The molecule has 0 aromatic heterocycles. The number of ether oxygens (including phenoxy) is 1. The van der Waals surface area contributed by atoms with Gasteiger partial charge in [-0.25, -0.2) is 0 Å². The van der Waals surface area contributed by atoms with Gasteiger partial charge in [0, 0.05) is 24.8 Å². The number of anilines is 1. The summed E-state index contributed by atoms with van der Waals surface area (Å²) in [6, 6.07) is 8.61. The van der Waals surface area contributed by atoms with Crippen LogP contribution >= 0.6 is 24.8 Å². The van der Waals surface area contributed by atoms with Crippen LogP contribution in [0.3, 0.4) is 0 Å². The van der Waals surface area contributed by atoms with Gasteiger partial charge in [-0.3, -0.25) is 0 Å². The van der Waals surface area contributed by atoms with Crippen LogP contribution in [0.1, 0.15) is 18.5 Å². The van der Waals surface area contributed by atoms with Crippen LogP contribution in [0.15, 0.2) is 24.3 Å². The first kappa shape index (κ1) is 16.5. The minimum Gasteiger partial charge on any atom is -0.378 e. The summed E-state index contributed by atoms with van der Waals surface area (Å²) < 4.78 is 5.32. The van der Waals surface area contributed by atoms with Crippen LogP contribution < -0.4 is 10.6 Å². The van der Waals surface area contributed by atoms with E-state index in [0.717, 1.165) is 26.3 Å². The molecule has 0 amide bonds. The van der Waals surface area contributed by atoms with Crippen molar-refractivity contribution in [1.29, 1.82) is 0 Å². The van der Waals surface area contributed by atoms with Gasteiger partial charge in [0.15, 0.2) is 0 Å². The maximum atomic E-state index is 5.81. The van der Waals surface area contributed by atoms with E-state index in [2.05, 4.69) is 29.2 Å². The van der Waals surface area contributed by atoms with Crippen molar-refractivity contribution in [1.82, 2.24) is 0 Å². The van der Waals surface area contributed by atoms with E-state index < -0.39 is 0 Å². The zero-order valence-electron chi connectivity index (χ0n) is 9.96. The third-order valence-corrected chi connectivity index (χ3v) is 2.80. The van der Waals surface area contributed by atoms with E-state index in [1.165, 1.54) is 11.3 Å². The van der Waals surface area contributed by atoms with Crippen LogP contribution in [0.4, 0.5) is 5.69 Å². The number of halogens is 2. The van der Waals surface area contributed by atoms with Crippen molar-refractivity contribution in [2.24, 2.45) is 5.73 Å². The lowest BCUT2D eigenvalue weighted by Crippen LogP contribution is -2.36. The predicted molar refractivity (Wildman–Crippen MR) is 76.6 cm³/mol. The Kier molecular flexibility index (Phi) is 7.55. The molecule has 0 aliphatic carbocycles. The van der Waals surface area contributed by atoms with E-state index in [0.29, 0.717) is 0 Å². The molecule has 1 atom stereocenters. The Balaban J connectivity index is 0.00000128. The van der Waals surface area contributed by atoms with Crippen molar-refractivity contribution < 1.29 is 4.74 Å². The average molecular weight is 279 g/mol. The number of morpholine rings is 1. The molecular weight excluding hydrogens is 259 g/mol. The lowest BCUT2D eigenvalue weighted by Gasteiger charge is -2.29. The fourth-order valence-electron chi connectivity index (χ4n) is 1.81. The van der Waals surface area contributed by atoms with Crippen molar-refractivity contribution in [3.63, 3.8) is 0 Å². The number of rotatable bonds is 2. The lowest BCUT2D eigenvalue weighted by atomic mass is 10.1. The molecule has 0 saturated carbocycles. The Morgan fingerprint density at radius 1 is 1.12 bits per heavy atom. The summed E-state index contributed by atoms with van der Waals surface area (Å²) in [5.74, 6) is 0. The molecule has 1 aliphatic rings. The highest BCUT2D eigenvalue weighted by Gasteiger charge is 2.10. The van der Waals surface area contributed by atoms with E-state index in [4.69, 9.17) is 10.5 Å². The molecule has 1 aromatic rings. The topological polar surface area (TPSA) is 38.5 Å². The van der Waals surface area contributed by atoms with Gasteiger partial charge in [-0.2, -0.15) is 0 Å².